The number of carbonyl (C=O) groups excluding carboxylic acids is 1. The average Bonchev–Trinajstić information content (AvgIpc) is 2.74. The third-order valence-electron chi connectivity index (χ3n) is 5.66. The minimum Gasteiger partial charge on any atom is -0.507 e. The van der Waals surface area contributed by atoms with E-state index in [1.54, 1.807) is 6.07 Å². The van der Waals surface area contributed by atoms with Gasteiger partial charge in [-0.2, -0.15) is 0 Å². The van der Waals surface area contributed by atoms with Gasteiger partial charge in [-0.25, -0.2) is 0 Å². The van der Waals surface area contributed by atoms with E-state index in [4.69, 9.17) is 0 Å². The Labute approximate surface area is 165 Å². The molecule has 2 heterocycles. The summed E-state index contributed by atoms with van der Waals surface area (Å²) in [7, 11) is 2.17. The molecule has 5 nitrogen and oxygen atoms in total. The van der Waals surface area contributed by atoms with Gasteiger partial charge in [0.25, 0.3) is 0 Å². The van der Waals surface area contributed by atoms with Gasteiger partial charge < -0.3 is 10.0 Å². The first-order valence-electron chi connectivity index (χ1n) is 9.71. The van der Waals surface area contributed by atoms with Crippen LogP contribution in [-0.2, 0) is 6.54 Å². The molecule has 1 aliphatic rings. The molecule has 1 aliphatic heterocycles. The molecule has 28 heavy (non-hydrogen) atoms. The summed E-state index contributed by atoms with van der Waals surface area (Å²) in [5.41, 5.74) is 2.61. The zero-order chi connectivity index (χ0) is 19.5. The largest absolute Gasteiger partial charge is 0.507 e. The number of aromatic hydroxyl groups is 1. The van der Waals surface area contributed by atoms with Crippen molar-refractivity contribution in [3.63, 3.8) is 0 Å². The van der Waals surface area contributed by atoms with Crippen LogP contribution in [0.1, 0.15) is 28.9 Å². The first kappa shape index (κ1) is 18.4. The van der Waals surface area contributed by atoms with Gasteiger partial charge in [0.1, 0.15) is 5.75 Å². The molecule has 144 valence electrons. The van der Waals surface area contributed by atoms with E-state index >= 15 is 0 Å². The van der Waals surface area contributed by atoms with Gasteiger partial charge in [0.05, 0.1) is 11.3 Å². The first-order valence-corrected chi connectivity index (χ1v) is 9.71. The zero-order valence-corrected chi connectivity index (χ0v) is 16.1. The molecule has 0 aliphatic carbocycles. The number of hydrogen-bond donors (Lipinski definition) is 1. The maximum Gasteiger partial charge on any atom is 0.154 e. The molecule has 1 fully saturated rings. The van der Waals surface area contributed by atoms with E-state index in [0.29, 0.717) is 11.6 Å². The van der Waals surface area contributed by atoms with Crippen molar-refractivity contribution in [2.45, 2.75) is 25.4 Å². The summed E-state index contributed by atoms with van der Waals surface area (Å²) in [6, 6.07) is 16.1. The average molecular weight is 375 g/mol. The van der Waals surface area contributed by atoms with Gasteiger partial charge >= 0.3 is 0 Å². The van der Waals surface area contributed by atoms with E-state index < -0.39 is 0 Å². The van der Waals surface area contributed by atoms with Crippen LogP contribution in [0.15, 0.2) is 54.7 Å². The molecule has 2 aromatic carbocycles. The normalized spacial score (nSPS) is 17.2. The van der Waals surface area contributed by atoms with E-state index in [9.17, 15) is 9.90 Å². The highest BCUT2D eigenvalue weighted by atomic mass is 16.3. The molecule has 0 radical (unpaired) electrons. The number of aldehydes is 1. The van der Waals surface area contributed by atoms with E-state index in [2.05, 4.69) is 40.0 Å². The van der Waals surface area contributed by atoms with Crippen molar-refractivity contribution >= 4 is 22.7 Å². The van der Waals surface area contributed by atoms with Gasteiger partial charge in [0.2, 0.25) is 0 Å². The second-order valence-corrected chi connectivity index (χ2v) is 7.50. The summed E-state index contributed by atoms with van der Waals surface area (Å²) in [5, 5.41) is 11.7. The molecule has 1 saturated heterocycles. The molecule has 0 bridgehead atoms. The molecule has 0 amide bonds. The molecule has 4 rings (SSSR count). The summed E-state index contributed by atoms with van der Waals surface area (Å²) in [6.07, 6.45) is 4.89. The minimum atomic E-state index is 0.0319. The van der Waals surface area contributed by atoms with Gasteiger partial charge in [-0.1, -0.05) is 18.2 Å². The van der Waals surface area contributed by atoms with Crippen LogP contribution < -0.4 is 4.90 Å². The number of phenols is 1. The molecule has 1 unspecified atom stereocenters. The van der Waals surface area contributed by atoms with Gasteiger partial charge in [0.15, 0.2) is 6.29 Å². The Morgan fingerprint density at radius 2 is 2.14 bits per heavy atom. The molecule has 3 aromatic rings. The van der Waals surface area contributed by atoms with Crippen LogP contribution >= 0.6 is 0 Å². The highest BCUT2D eigenvalue weighted by Crippen LogP contribution is 2.30. The maximum absolute atomic E-state index is 11.3. The second-order valence-electron chi connectivity index (χ2n) is 7.50. The molecular weight excluding hydrogens is 350 g/mol. The van der Waals surface area contributed by atoms with E-state index in [1.807, 2.05) is 30.5 Å². The van der Waals surface area contributed by atoms with E-state index in [1.165, 1.54) is 6.42 Å². The van der Waals surface area contributed by atoms with Crippen molar-refractivity contribution in [1.29, 1.82) is 0 Å². The Bertz CT molecular complexity index is 974. The number of benzene rings is 2. The molecule has 0 spiro atoms. The Balaban J connectivity index is 1.52. The highest BCUT2D eigenvalue weighted by Gasteiger charge is 2.24. The summed E-state index contributed by atoms with van der Waals surface area (Å²) in [5.74, 6) is 0.0319. The van der Waals surface area contributed by atoms with Gasteiger partial charge in [0, 0.05) is 37.6 Å². The minimum absolute atomic E-state index is 0.0319. The molecular formula is C23H25N3O2. The first-order chi connectivity index (χ1) is 13.7. The zero-order valence-electron chi connectivity index (χ0n) is 16.1. The number of rotatable bonds is 5. The van der Waals surface area contributed by atoms with Crippen LogP contribution in [0.4, 0.5) is 5.69 Å². The fourth-order valence-electron chi connectivity index (χ4n) is 4.08. The molecule has 5 heteroatoms. The Morgan fingerprint density at radius 3 is 2.93 bits per heavy atom. The Hall–Kier alpha value is -2.92. The number of phenolic OH excluding ortho intramolecular Hbond substituents is 1. The fourth-order valence-corrected chi connectivity index (χ4v) is 4.08. The van der Waals surface area contributed by atoms with Gasteiger partial charge in [-0.3, -0.25) is 14.7 Å². The summed E-state index contributed by atoms with van der Waals surface area (Å²) < 4.78 is 0. The molecule has 1 atom stereocenters. The summed E-state index contributed by atoms with van der Waals surface area (Å²) in [6.45, 7) is 2.84. The Morgan fingerprint density at radius 1 is 1.25 bits per heavy atom. The van der Waals surface area contributed by atoms with E-state index in [-0.39, 0.29) is 5.75 Å². The lowest BCUT2D eigenvalue weighted by Crippen LogP contribution is -2.46. The van der Waals surface area contributed by atoms with Crippen LogP contribution in [0.2, 0.25) is 0 Å². The predicted octanol–water partition coefficient (Wildman–Crippen LogP) is 3.85. The van der Waals surface area contributed by atoms with Crippen molar-refractivity contribution in [3.05, 3.63) is 66.0 Å². The molecule has 1 N–H and O–H groups in total. The standard InChI is InChI=1S/C23H25N3O2/c1-25(14-18-5-2-3-11-24-18)20-6-4-12-26(15-20)19-8-9-21-17(13-19)7-10-23(28)22(21)16-27/h2-3,5,7-11,13,16,20,28H,4,6,12,14-15H2,1H3. The van der Waals surface area contributed by atoms with Gasteiger partial charge in [-0.05, 0) is 61.0 Å². The molecule has 0 saturated carbocycles. The highest BCUT2D eigenvalue weighted by molar-refractivity contribution is 6.01. The third kappa shape index (κ3) is 3.71. The predicted molar refractivity (Wildman–Crippen MR) is 112 cm³/mol. The number of fused-ring (bicyclic) bond motifs is 1. The third-order valence-corrected chi connectivity index (χ3v) is 5.66. The number of nitrogens with zero attached hydrogens (tertiary/aromatic N) is 3. The monoisotopic (exact) mass is 375 g/mol. The van der Waals surface area contributed by atoms with Crippen LogP contribution in [0, 0.1) is 0 Å². The number of anilines is 1. The van der Waals surface area contributed by atoms with Crippen molar-refractivity contribution in [2.24, 2.45) is 0 Å². The second kappa shape index (κ2) is 7.98. The summed E-state index contributed by atoms with van der Waals surface area (Å²) >= 11 is 0. The number of likely N-dealkylation sites (N-methyl/N-ethyl adjacent to an activating group) is 1. The Kier molecular flexibility index (Phi) is 5.26. The number of aromatic nitrogens is 1. The number of carbonyl (C=O) groups is 1. The fraction of sp³-hybridized carbons (Fsp3) is 0.304. The smallest absolute Gasteiger partial charge is 0.154 e. The SMILES string of the molecule is CN(Cc1ccccn1)C1CCCN(c2ccc3c(C=O)c(O)ccc3c2)C1. The number of piperidine rings is 1. The summed E-state index contributed by atoms with van der Waals surface area (Å²) in [4.78, 5) is 20.6. The number of hydrogen-bond acceptors (Lipinski definition) is 5. The topological polar surface area (TPSA) is 56.7 Å². The lowest BCUT2D eigenvalue weighted by molar-refractivity contribution is 0.112. The number of pyridine rings is 1. The van der Waals surface area contributed by atoms with Crippen molar-refractivity contribution in [3.8, 4) is 5.75 Å². The van der Waals surface area contributed by atoms with Crippen LogP contribution in [0.3, 0.4) is 0 Å². The van der Waals surface area contributed by atoms with E-state index in [0.717, 1.165) is 54.5 Å². The lowest BCUT2D eigenvalue weighted by Gasteiger charge is -2.39. The van der Waals surface area contributed by atoms with Crippen LogP contribution in [-0.4, -0.2) is 47.5 Å². The van der Waals surface area contributed by atoms with Gasteiger partial charge in [-0.15, -0.1) is 0 Å². The van der Waals surface area contributed by atoms with Crippen LogP contribution in [0.5, 0.6) is 5.75 Å². The molecule has 1 aromatic heterocycles. The van der Waals surface area contributed by atoms with Crippen molar-refractivity contribution < 1.29 is 9.90 Å². The van der Waals surface area contributed by atoms with Crippen LogP contribution in [0.25, 0.3) is 10.8 Å². The van der Waals surface area contributed by atoms with Crippen molar-refractivity contribution in [2.75, 3.05) is 25.0 Å². The maximum atomic E-state index is 11.3. The lowest BCUT2D eigenvalue weighted by atomic mass is 10.0. The quantitative estimate of drug-likeness (QED) is 0.687. The van der Waals surface area contributed by atoms with Crippen molar-refractivity contribution in [1.82, 2.24) is 9.88 Å².